The van der Waals surface area contributed by atoms with E-state index in [-0.39, 0.29) is 34.2 Å². The number of hydrogen-bond donors (Lipinski definition) is 2. The first-order chi connectivity index (χ1) is 17.6. The van der Waals surface area contributed by atoms with Crippen LogP contribution in [0.15, 0.2) is 59.5 Å². The summed E-state index contributed by atoms with van der Waals surface area (Å²) >= 11 is 0. The summed E-state index contributed by atoms with van der Waals surface area (Å²) < 4.78 is 96.2. The van der Waals surface area contributed by atoms with Crippen molar-refractivity contribution in [1.29, 1.82) is 0 Å². The molecule has 202 valence electrons. The van der Waals surface area contributed by atoms with Crippen LogP contribution in [0.25, 0.3) is 0 Å². The van der Waals surface area contributed by atoms with Crippen LogP contribution in [0.3, 0.4) is 0 Å². The van der Waals surface area contributed by atoms with Gasteiger partial charge in [0, 0.05) is 5.56 Å². The smallest absolute Gasteiger partial charge is 0.481 e. The number of hydrogen-bond acceptors (Lipinski definition) is 5. The molecule has 0 radical (unpaired) electrons. The van der Waals surface area contributed by atoms with Crippen LogP contribution in [0.1, 0.15) is 30.7 Å². The highest BCUT2D eigenvalue weighted by atomic mass is 32.2. The number of pyridine rings is 1. The van der Waals surface area contributed by atoms with E-state index in [0.29, 0.717) is 5.56 Å². The Kier molecular flexibility index (Phi) is 6.80. The standard InChI is InChI=1S/C24H19F6N3O4S/c1-22(2,21(34)35)14-4-9-17-18(11-14)33(12-13-3-10-19(23(25,26)27)32-20(13)31-17)38(36)16-7-5-15(6-8-16)37-24(28,29)30/h3-11H,12H2,1-2H3,(H,31,32)(H,34,35). The molecule has 1 atom stereocenters. The molecule has 0 saturated heterocycles. The van der Waals surface area contributed by atoms with Crippen LogP contribution in [0.5, 0.6) is 5.75 Å². The molecule has 1 unspecified atom stereocenters. The third-order valence-corrected chi connectivity index (χ3v) is 7.22. The predicted octanol–water partition coefficient (Wildman–Crippen LogP) is 6.15. The lowest BCUT2D eigenvalue weighted by atomic mass is 9.84. The van der Waals surface area contributed by atoms with Gasteiger partial charge in [0.05, 0.1) is 28.2 Å². The first-order valence-electron chi connectivity index (χ1n) is 10.8. The van der Waals surface area contributed by atoms with Crippen molar-refractivity contribution in [2.75, 3.05) is 9.62 Å². The summed E-state index contributed by atoms with van der Waals surface area (Å²) in [6.45, 7) is 2.69. The number of aromatic nitrogens is 1. The van der Waals surface area contributed by atoms with E-state index in [4.69, 9.17) is 0 Å². The summed E-state index contributed by atoms with van der Waals surface area (Å²) in [6, 6.07) is 10.6. The van der Waals surface area contributed by atoms with E-state index < -0.39 is 46.4 Å². The number of nitrogens with one attached hydrogen (secondary N) is 1. The second-order valence-corrected chi connectivity index (χ2v) is 10.2. The molecule has 7 nitrogen and oxygen atoms in total. The Balaban J connectivity index is 1.82. The van der Waals surface area contributed by atoms with Crippen molar-refractivity contribution in [3.63, 3.8) is 0 Å². The van der Waals surface area contributed by atoms with Gasteiger partial charge in [-0.1, -0.05) is 12.1 Å². The van der Waals surface area contributed by atoms with E-state index in [1.165, 1.54) is 42.4 Å². The molecule has 1 aliphatic rings. The quantitative estimate of drug-likeness (QED) is 0.365. The SMILES string of the molecule is CC(C)(C(=O)O)c1ccc2c(c1)N(S(=O)c1ccc(OC(F)(F)F)cc1)Cc1ccc(C(F)(F)F)nc1N2. The second-order valence-electron chi connectivity index (χ2n) is 8.79. The van der Waals surface area contributed by atoms with Gasteiger partial charge in [-0.3, -0.25) is 9.10 Å². The maximum absolute atomic E-state index is 13.7. The van der Waals surface area contributed by atoms with Crippen molar-refractivity contribution < 1.29 is 45.2 Å². The van der Waals surface area contributed by atoms with Gasteiger partial charge in [0.2, 0.25) is 0 Å². The van der Waals surface area contributed by atoms with Crippen LogP contribution < -0.4 is 14.4 Å². The lowest BCUT2D eigenvalue weighted by Gasteiger charge is -2.26. The highest BCUT2D eigenvalue weighted by Gasteiger charge is 2.36. The van der Waals surface area contributed by atoms with E-state index in [0.717, 1.165) is 30.3 Å². The third kappa shape index (κ3) is 5.54. The molecule has 0 amide bonds. The van der Waals surface area contributed by atoms with Gasteiger partial charge in [0.25, 0.3) is 0 Å². The molecule has 2 aromatic carbocycles. The zero-order valence-electron chi connectivity index (χ0n) is 19.6. The number of benzene rings is 2. The van der Waals surface area contributed by atoms with Crippen molar-refractivity contribution in [3.05, 3.63) is 71.4 Å². The van der Waals surface area contributed by atoms with Crippen LogP contribution in [-0.2, 0) is 33.9 Å². The van der Waals surface area contributed by atoms with Crippen molar-refractivity contribution in [3.8, 4) is 5.75 Å². The van der Waals surface area contributed by atoms with Crippen LogP contribution in [0.4, 0.5) is 43.5 Å². The average Bonchev–Trinajstić information content (AvgIpc) is 2.98. The molecule has 3 aromatic rings. The zero-order valence-corrected chi connectivity index (χ0v) is 20.5. The Hall–Kier alpha value is -3.81. The number of carbonyl (C=O) groups is 1. The summed E-state index contributed by atoms with van der Waals surface area (Å²) in [4.78, 5) is 15.6. The van der Waals surface area contributed by atoms with E-state index in [2.05, 4.69) is 15.0 Å². The minimum Gasteiger partial charge on any atom is -0.481 e. The van der Waals surface area contributed by atoms with Crippen LogP contribution in [0.2, 0.25) is 0 Å². The van der Waals surface area contributed by atoms with Crippen LogP contribution >= 0.6 is 0 Å². The van der Waals surface area contributed by atoms with E-state index >= 15 is 0 Å². The van der Waals surface area contributed by atoms with Gasteiger partial charge in [-0.15, -0.1) is 13.2 Å². The first-order valence-corrected chi connectivity index (χ1v) is 11.9. The van der Waals surface area contributed by atoms with Crippen molar-refractivity contribution >= 4 is 34.1 Å². The summed E-state index contributed by atoms with van der Waals surface area (Å²) in [5.41, 5.74) is -1.57. The number of ether oxygens (including phenoxy) is 1. The Labute approximate surface area is 214 Å². The Morgan fingerprint density at radius 1 is 1.03 bits per heavy atom. The summed E-state index contributed by atoms with van der Waals surface area (Å²) in [7, 11) is -2.09. The predicted molar refractivity (Wildman–Crippen MR) is 125 cm³/mol. The fourth-order valence-electron chi connectivity index (χ4n) is 3.64. The van der Waals surface area contributed by atoms with Crippen molar-refractivity contribution in [1.82, 2.24) is 4.98 Å². The highest BCUT2D eigenvalue weighted by Crippen LogP contribution is 2.41. The maximum atomic E-state index is 13.7. The highest BCUT2D eigenvalue weighted by molar-refractivity contribution is 7.86. The second kappa shape index (κ2) is 9.49. The minimum absolute atomic E-state index is 0.0664. The van der Waals surface area contributed by atoms with E-state index in [9.17, 15) is 40.5 Å². The normalized spacial score (nSPS) is 14.6. The van der Waals surface area contributed by atoms with Gasteiger partial charge in [-0.25, -0.2) is 9.19 Å². The number of rotatable bonds is 5. The summed E-state index contributed by atoms with van der Waals surface area (Å²) in [5.74, 6) is -1.82. The van der Waals surface area contributed by atoms with Crippen LogP contribution in [-0.4, -0.2) is 26.6 Å². The molecule has 0 aliphatic carbocycles. The Morgan fingerprint density at radius 3 is 2.26 bits per heavy atom. The maximum Gasteiger partial charge on any atom is 0.573 e. The Morgan fingerprint density at radius 2 is 1.68 bits per heavy atom. The first kappa shape index (κ1) is 27.2. The molecule has 1 aliphatic heterocycles. The number of fused-ring (bicyclic) bond motifs is 2. The number of carboxylic acids is 1. The number of nitrogens with zero attached hydrogens (tertiary/aromatic N) is 2. The number of carboxylic acid groups (broad SMARTS) is 1. The van der Waals surface area contributed by atoms with Gasteiger partial charge in [-0.2, -0.15) is 13.2 Å². The van der Waals surface area contributed by atoms with Crippen molar-refractivity contribution in [2.45, 2.75) is 43.2 Å². The topological polar surface area (TPSA) is 91.8 Å². The monoisotopic (exact) mass is 559 g/mol. The zero-order chi connectivity index (χ0) is 28.0. The van der Waals surface area contributed by atoms with Gasteiger partial charge >= 0.3 is 18.5 Å². The molecule has 2 heterocycles. The van der Waals surface area contributed by atoms with Gasteiger partial charge < -0.3 is 15.2 Å². The van der Waals surface area contributed by atoms with E-state index in [1.807, 2.05) is 0 Å². The molecule has 0 fully saturated rings. The molecule has 0 saturated carbocycles. The Bertz CT molecular complexity index is 1410. The molecular weight excluding hydrogens is 540 g/mol. The average molecular weight is 559 g/mol. The van der Waals surface area contributed by atoms with E-state index in [1.54, 1.807) is 0 Å². The summed E-state index contributed by atoms with van der Waals surface area (Å²) in [5, 5.41) is 12.5. The number of alkyl halides is 6. The number of anilines is 3. The molecular formula is C24H19F6N3O4S. The van der Waals surface area contributed by atoms with Gasteiger partial charge in [0.1, 0.15) is 17.3 Å². The van der Waals surface area contributed by atoms with Gasteiger partial charge in [-0.05, 0) is 61.9 Å². The third-order valence-electron chi connectivity index (χ3n) is 5.82. The minimum atomic E-state index is -4.92. The molecule has 14 heteroatoms. The fraction of sp³-hybridized carbons (Fsp3) is 0.250. The summed E-state index contributed by atoms with van der Waals surface area (Å²) in [6.07, 6.45) is -9.64. The number of aliphatic carboxylic acids is 1. The lowest BCUT2D eigenvalue weighted by Crippen LogP contribution is -2.30. The largest absolute Gasteiger partial charge is 0.573 e. The molecule has 4 rings (SSSR count). The fourth-order valence-corrected chi connectivity index (χ4v) is 4.85. The molecule has 1 aromatic heterocycles. The molecule has 0 bridgehead atoms. The van der Waals surface area contributed by atoms with Gasteiger partial charge in [0.15, 0.2) is 11.0 Å². The van der Waals surface area contributed by atoms with Crippen molar-refractivity contribution in [2.24, 2.45) is 0 Å². The molecule has 2 N–H and O–H groups in total. The molecule has 0 spiro atoms. The number of halogens is 6. The van der Waals surface area contributed by atoms with Crippen LogP contribution in [0, 0.1) is 0 Å². The molecule has 38 heavy (non-hydrogen) atoms. The lowest BCUT2D eigenvalue weighted by molar-refractivity contribution is -0.274.